The SMILES string of the molecule is CCCCOC1C(OCCCC)[C@@H]([C@H](O)N2CCS[C@H]2S)C=C[C@H]1[C@@H](O)N(C)CCSS. The lowest BCUT2D eigenvalue weighted by Gasteiger charge is -2.45. The molecule has 1 saturated heterocycles. The molecule has 2 rings (SSSR count). The topological polar surface area (TPSA) is 65.4 Å². The fraction of sp³-hybridized carbons (Fsp3) is 0.909. The van der Waals surface area contributed by atoms with Gasteiger partial charge >= 0.3 is 0 Å². The van der Waals surface area contributed by atoms with E-state index < -0.39 is 12.5 Å². The van der Waals surface area contributed by atoms with Crippen LogP contribution in [0.1, 0.15) is 39.5 Å². The quantitative estimate of drug-likeness (QED) is 0.0849. The number of thiol groups is 2. The molecule has 32 heavy (non-hydrogen) atoms. The molecule has 0 amide bonds. The molecule has 6 nitrogen and oxygen atoms in total. The summed E-state index contributed by atoms with van der Waals surface area (Å²) in [5.41, 5.74) is 0. The lowest BCUT2D eigenvalue weighted by Crippen LogP contribution is -2.56. The van der Waals surface area contributed by atoms with Gasteiger partial charge in [-0.1, -0.05) is 49.6 Å². The van der Waals surface area contributed by atoms with Crippen LogP contribution in [-0.2, 0) is 9.47 Å². The minimum Gasteiger partial charge on any atom is -0.378 e. The van der Waals surface area contributed by atoms with E-state index in [2.05, 4.69) is 38.1 Å². The standard InChI is InChI=1S/C22H42N2O4S4/c1-4-6-12-27-18-16(20(25)23(3)10-15-32-30)8-9-17(19(18)28-13-7-5-2)21(26)24-11-14-31-22(24)29/h8-9,16-22,25-26,29-30H,4-7,10-15H2,1-3H3/t16-,17+,18?,19?,20-,21+,22-/m1/s1. The molecule has 0 aromatic rings. The average molecular weight is 527 g/mol. The third-order valence-electron chi connectivity index (χ3n) is 6.17. The number of hydrogen-bond acceptors (Lipinski definition) is 10. The van der Waals surface area contributed by atoms with E-state index in [0.29, 0.717) is 13.2 Å². The first-order chi connectivity index (χ1) is 15.5. The van der Waals surface area contributed by atoms with Gasteiger partial charge in [0.1, 0.15) is 17.2 Å². The zero-order chi connectivity index (χ0) is 23.5. The van der Waals surface area contributed by atoms with Crippen molar-refractivity contribution in [1.29, 1.82) is 0 Å². The second kappa shape index (κ2) is 15.8. The molecular weight excluding hydrogens is 485 g/mol. The Morgan fingerprint density at radius 2 is 1.72 bits per heavy atom. The summed E-state index contributed by atoms with van der Waals surface area (Å²) < 4.78 is 12.8. The van der Waals surface area contributed by atoms with E-state index in [1.165, 1.54) is 10.8 Å². The summed E-state index contributed by atoms with van der Waals surface area (Å²) >= 11 is 10.6. The van der Waals surface area contributed by atoms with Gasteiger partial charge in [-0.2, -0.15) is 0 Å². The highest BCUT2D eigenvalue weighted by Gasteiger charge is 2.46. The molecule has 1 aliphatic heterocycles. The van der Waals surface area contributed by atoms with Crippen LogP contribution >= 0.6 is 46.8 Å². The zero-order valence-corrected chi connectivity index (χ0v) is 23.0. The van der Waals surface area contributed by atoms with E-state index in [0.717, 1.165) is 50.3 Å². The Hall–Kier alpha value is 0.900. The molecule has 188 valence electrons. The summed E-state index contributed by atoms with van der Waals surface area (Å²) in [6, 6.07) is 0. The first kappa shape index (κ1) is 29.1. The van der Waals surface area contributed by atoms with Crippen molar-refractivity contribution in [3.63, 3.8) is 0 Å². The Balaban J connectivity index is 2.28. The number of aliphatic hydroxyl groups is 2. The number of unbranched alkanes of at least 4 members (excludes halogenated alkanes) is 2. The molecule has 1 fully saturated rings. The van der Waals surface area contributed by atoms with Crippen LogP contribution < -0.4 is 0 Å². The van der Waals surface area contributed by atoms with Crippen LogP contribution in [0.3, 0.4) is 0 Å². The van der Waals surface area contributed by atoms with Gasteiger partial charge in [0.25, 0.3) is 0 Å². The average Bonchev–Trinajstić information content (AvgIpc) is 3.23. The van der Waals surface area contributed by atoms with Crippen LogP contribution in [0.2, 0.25) is 0 Å². The molecule has 0 aromatic carbocycles. The van der Waals surface area contributed by atoms with Crippen LogP contribution in [0.25, 0.3) is 0 Å². The Kier molecular flexibility index (Phi) is 14.4. The number of nitrogens with zero attached hydrogens (tertiary/aromatic N) is 2. The predicted octanol–water partition coefficient (Wildman–Crippen LogP) is 3.57. The van der Waals surface area contributed by atoms with Crippen molar-refractivity contribution in [3.05, 3.63) is 12.2 Å². The highest BCUT2D eigenvalue weighted by molar-refractivity contribution is 8.68. The molecular formula is C22H42N2O4S4. The van der Waals surface area contributed by atoms with Gasteiger partial charge in [-0.25, -0.2) is 0 Å². The van der Waals surface area contributed by atoms with Crippen LogP contribution in [0.15, 0.2) is 12.2 Å². The first-order valence-corrected chi connectivity index (χ1v) is 15.4. The molecule has 0 spiro atoms. The molecule has 1 heterocycles. The fourth-order valence-electron chi connectivity index (χ4n) is 4.16. The normalized spacial score (nSPS) is 30.8. The van der Waals surface area contributed by atoms with Crippen molar-refractivity contribution in [2.45, 2.75) is 68.9 Å². The maximum Gasteiger partial charge on any atom is 0.117 e. The molecule has 2 N–H and O–H groups in total. The molecule has 2 aliphatic rings. The number of rotatable bonds is 15. The molecule has 0 radical (unpaired) electrons. The van der Waals surface area contributed by atoms with Crippen molar-refractivity contribution in [3.8, 4) is 0 Å². The Labute approximate surface area is 213 Å². The highest BCUT2D eigenvalue weighted by atomic mass is 33.1. The number of thioether (sulfide) groups is 1. The lowest BCUT2D eigenvalue weighted by molar-refractivity contribution is -0.171. The molecule has 0 saturated carbocycles. The van der Waals surface area contributed by atoms with Gasteiger partial charge in [-0.3, -0.25) is 9.80 Å². The second-order valence-corrected chi connectivity index (χ2v) is 12.0. The number of hydrogen-bond donors (Lipinski definition) is 4. The summed E-state index contributed by atoms with van der Waals surface area (Å²) in [4.78, 5) is 3.96. The number of aliphatic hydroxyl groups excluding tert-OH is 2. The summed E-state index contributed by atoms with van der Waals surface area (Å²) in [6.07, 6.45) is 5.95. The molecule has 10 heteroatoms. The molecule has 0 aromatic heterocycles. The van der Waals surface area contributed by atoms with Crippen LogP contribution in [0.4, 0.5) is 0 Å². The van der Waals surface area contributed by atoms with Crippen molar-refractivity contribution < 1.29 is 19.7 Å². The van der Waals surface area contributed by atoms with Gasteiger partial charge in [-0.05, 0) is 19.9 Å². The van der Waals surface area contributed by atoms with Crippen molar-refractivity contribution in [2.24, 2.45) is 11.8 Å². The van der Waals surface area contributed by atoms with E-state index in [-0.39, 0.29) is 28.7 Å². The van der Waals surface area contributed by atoms with Crippen molar-refractivity contribution in [1.82, 2.24) is 9.80 Å². The van der Waals surface area contributed by atoms with E-state index in [9.17, 15) is 10.2 Å². The lowest BCUT2D eigenvalue weighted by atomic mass is 9.80. The van der Waals surface area contributed by atoms with Crippen molar-refractivity contribution in [2.75, 3.05) is 44.9 Å². The third kappa shape index (κ3) is 8.24. The second-order valence-electron chi connectivity index (χ2n) is 8.49. The first-order valence-electron chi connectivity index (χ1n) is 11.8. The fourth-order valence-corrected chi connectivity index (χ4v) is 6.29. The smallest absolute Gasteiger partial charge is 0.117 e. The van der Waals surface area contributed by atoms with E-state index in [1.54, 1.807) is 11.8 Å². The number of ether oxygens (including phenoxy) is 2. The summed E-state index contributed by atoms with van der Waals surface area (Å²) in [5, 5.41) is 22.5. The predicted molar refractivity (Wildman–Crippen MR) is 143 cm³/mol. The van der Waals surface area contributed by atoms with Gasteiger partial charge in [-0.15, -0.1) is 36.1 Å². The van der Waals surface area contributed by atoms with E-state index in [1.807, 2.05) is 29.0 Å². The van der Waals surface area contributed by atoms with Gasteiger partial charge in [0.05, 0.1) is 12.2 Å². The van der Waals surface area contributed by atoms with Crippen molar-refractivity contribution >= 4 is 46.8 Å². The Morgan fingerprint density at radius 3 is 2.25 bits per heavy atom. The minimum absolute atomic E-state index is 0.0256. The third-order valence-corrected chi connectivity index (χ3v) is 8.81. The highest BCUT2D eigenvalue weighted by Crippen LogP contribution is 2.37. The van der Waals surface area contributed by atoms with Gasteiger partial charge in [0.2, 0.25) is 0 Å². The maximum atomic E-state index is 11.3. The van der Waals surface area contributed by atoms with Crippen LogP contribution in [0, 0.1) is 11.8 Å². The molecule has 2 unspecified atom stereocenters. The van der Waals surface area contributed by atoms with Crippen LogP contribution in [0.5, 0.6) is 0 Å². The van der Waals surface area contributed by atoms with Crippen LogP contribution in [-0.4, -0.2) is 94.2 Å². The van der Waals surface area contributed by atoms with E-state index in [4.69, 9.17) is 9.47 Å². The Bertz CT molecular complexity index is 548. The summed E-state index contributed by atoms with van der Waals surface area (Å²) in [7, 11) is 3.39. The monoisotopic (exact) mass is 526 g/mol. The molecule has 1 aliphatic carbocycles. The van der Waals surface area contributed by atoms with Gasteiger partial charge in [0, 0.05) is 49.6 Å². The zero-order valence-electron chi connectivity index (χ0n) is 19.6. The minimum atomic E-state index is -0.705. The van der Waals surface area contributed by atoms with Gasteiger partial charge < -0.3 is 19.7 Å². The van der Waals surface area contributed by atoms with E-state index >= 15 is 0 Å². The maximum absolute atomic E-state index is 11.3. The molecule has 0 bridgehead atoms. The molecule has 7 atom stereocenters. The summed E-state index contributed by atoms with van der Waals surface area (Å²) in [6.45, 7) is 7.02. The largest absolute Gasteiger partial charge is 0.378 e. The Morgan fingerprint density at radius 1 is 1.12 bits per heavy atom. The van der Waals surface area contributed by atoms with Gasteiger partial charge in [0.15, 0.2) is 0 Å². The summed E-state index contributed by atoms with van der Waals surface area (Å²) in [5.74, 6) is 1.29.